The quantitative estimate of drug-likeness (QED) is 0.434. The van der Waals surface area contributed by atoms with Crippen molar-refractivity contribution in [2.75, 3.05) is 39.9 Å². The van der Waals surface area contributed by atoms with Crippen LogP contribution in [0.25, 0.3) is 0 Å². The lowest BCUT2D eigenvalue weighted by atomic mass is 10.0. The fraction of sp³-hybridized carbons (Fsp3) is 0.259. The molecule has 0 unspecified atom stereocenters. The first kappa shape index (κ1) is 25.4. The van der Waals surface area contributed by atoms with E-state index in [0.29, 0.717) is 16.9 Å². The number of benzene rings is 3. The van der Waals surface area contributed by atoms with Gasteiger partial charge in [-0.1, -0.05) is 48.0 Å². The Balaban J connectivity index is 1.40. The topological polar surface area (TPSA) is 93.2 Å². The van der Waals surface area contributed by atoms with Gasteiger partial charge in [-0.25, -0.2) is 8.42 Å². The predicted octanol–water partition coefficient (Wildman–Crippen LogP) is 3.15. The minimum atomic E-state index is -3.62. The number of aryl methyl sites for hydroxylation is 1. The molecule has 4 rings (SSSR count). The van der Waals surface area contributed by atoms with Crippen molar-refractivity contribution in [3.63, 3.8) is 0 Å². The Morgan fingerprint density at radius 3 is 2.19 bits per heavy atom. The second kappa shape index (κ2) is 10.9. The third-order valence-electron chi connectivity index (χ3n) is 6.07. The lowest BCUT2D eigenvalue weighted by Gasteiger charge is -2.34. The number of nitrogens with zero attached hydrogens (tertiary/aromatic N) is 2. The lowest BCUT2D eigenvalue weighted by Crippen LogP contribution is -2.51. The number of hydrogen-bond donors (Lipinski definition) is 0. The Morgan fingerprint density at radius 1 is 0.889 bits per heavy atom. The molecule has 0 aliphatic carbocycles. The van der Waals surface area contributed by atoms with Crippen LogP contribution in [0, 0.1) is 6.92 Å². The van der Waals surface area contributed by atoms with Crippen molar-refractivity contribution in [1.82, 2.24) is 9.21 Å². The van der Waals surface area contributed by atoms with Gasteiger partial charge < -0.3 is 14.4 Å². The van der Waals surface area contributed by atoms with Crippen molar-refractivity contribution in [3.05, 3.63) is 89.5 Å². The van der Waals surface area contributed by atoms with Gasteiger partial charge in [0.1, 0.15) is 11.5 Å². The first-order valence-electron chi connectivity index (χ1n) is 11.5. The zero-order valence-electron chi connectivity index (χ0n) is 20.2. The van der Waals surface area contributed by atoms with Gasteiger partial charge in [0.05, 0.1) is 17.6 Å². The van der Waals surface area contributed by atoms with E-state index in [4.69, 9.17) is 9.47 Å². The molecular formula is C27H28N2O6S. The largest absolute Gasteiger partial charge is 0.497 e. The van der Waals surface area contributed by atoms with Gasteiger partial charge in [0.25, 0.3) is 5.91 Å². The molecule has 0 N–H and O–H groups in total. The number of ketones is 1. The van der Waals surface area contributed by atoms with Gasteiger partial charge in [-0.2, -0.15) is 4.31 Å². The lowest BCUT2D eigenvalue weighted by molar-refractivity contribution is -0.134. The Bertz CT molecular complexity index is 1330. The SMILES string of the molecule is COc1ccc(C(=O)c2ccccc2)c(OCC(=O)N2CCN(S(=O)(=O)c3ccc(C)cc3)CC2)c1. The number of hydrogen-bond acceptors (Lipinski definition) is 6. The first-order chi connectivity index (χ1) is 17.3. The molecule has 3 aromatic carbocycles. The van der Waals surface area contributed by atoms with Crippen molar-refractivity contribution < 1.29 is 27.5 Å². The molecule has 0 radical (unpaired) electrons. The van der Waals surface area contributed by atoms with Crippen molar-refractivity contribution in [2.24, 2.45) is 0 Å². The van der Waals surface area contributed by atoms with Crippen molar-refractivity contribution >= 4 is 21.7 Å². The number of sulfonamides is 1. The van der Waals surface area contributed by atoms with Crippen molar-refractivity contribution in [3.8, 4) is 11.5 Å². The van der Waals surface area contributed by atoms with Gasteiger partial charge >= 0.3 is 0 Å². The highest BCUT2D eigenvalue weighted by Gasteiger charge is 2.30. The van der Waals surface area contributed by atoms with Crippen LogP contribution < -0.4 is 9.47 Å². The summed E-state index contributed by atoms with van der Waals surface area (Å²) in [5.41, 5.74) is 1.81. The predicted molar refractivity (Wildman–Crippen MR) is 135 cm³/mol. The highest BCUT2D eigenvalue weighted by molar-refractivity contribution is 7.89. The van der Waals surface area contributed by atoms with Gasteiger partial charge in [0.2, 0.25) is 10.0 Å². The molecule has 8 nitrogen and oxygen atoms in total. The van der Waals surface area contributed by atoms with Gasteiger partial charge in [-0.05, 0) is 31.2 Å². The smallest absolute Gasteiger partial charge is 0.260 e. The molecule has 0 atom stereocenters. The Labute approximate surface area is 211 Å². The number of carbonyl (C=O) groups is 2. The molecule has 9 heteroatoms. The normalized spacial score (nSPS) is 14.3. The summed E-state index contributed by atoms with van der Waals surface area (Å²) in [7, 11) is -2.11. The summed E-state index contributed by atoms with van der Waals surface area (Å²) >= 11 is 0. The molecule has 1 heterocycles. The van der Waals surface area contributed by atoms with E-state index < -0.39 is 10.0 Å². The highest BCUT2D eigenvalue weighted by Crippen LogP contribution is 2.27. The molecule has 0 aromatic heterocycles. The number of piperazine rings is 1. The molecule has 1 aliphatic heterocycles. The van der Waals surface area contributed by atoms with Crippen LogP contribution in [0.4, 0.5) is 0 Å². The van der Waals surface area contributed by atoms with Gasteiger partial charge in [-0.3, -0.25) is 9.59 Å². The minimum absolute atomic E-state index is 0.193. The van der Waals surface area contributed by atoms with Crippen LogP contribution in [0.2, 0.25) is 0 Å². The minimum Gasteiger partial charge on any atom is -0.497 e. The fourth-order valence-electron chi connectivity index (χ4n) is 3.95. The van der Waals surface area contributed by atoms with Crippen LogP contribution >= 0.6 is 0 Å². The maximum atomic E-state index is 13.0. The molecule has 0 bridgehead atoms. The van der Waals surface area contributed by atoms with Crippen molar-refractivity contribution in [1.29, 1.82) is 0 Å². The molecule has 0 saturated carbocycles. The van der Waals surface area contributed by atoms with Crippen LogP contribution in [0.15, 0.2) is 77.7 Å². The van der Waals surface area contributed by atoms with Crippen LogP contribution in [-0.2, 0) is 14.8 Å². The Kier molecular flexibility index (Phi) is 7.71. The summed E-state index contributed by atoms with van der Waals surface area (Å²) in [6, 6.07) is 20.4. The van der Waals surface area contributed by atoms with E-state index in [-0.39, 0.29) is 55.1 Å². The fourth-order valence-corrected chi connectivity index (χ4v) is 5.37. The third-order valence-corrected chi connectivity index (χ3v) is 7.98. The molecule has 1 aliphatic rings. The van der Waals surface area contributed by atoms with E-state index in [1.807, 2.05) is 13.0 Å². The Hall–Kier alpha value is -3.69. The van der Waals surface area contributed by atoms with E-state index in [0.717, 1.165) is 5.56 Å². The number of ether oxygens (including phenoxy) is 2. The van der Waals surface area contributed by atoms with Crippen LogP contribution in [-0.4, -0.2) is 69.2 Å². The average molecular weight is 509 g/mol. The first-order valence-corrected chi connectivity index (χ1v) is 13.0. The molecule has 3 aromatic rings. The maximum Gasteiger partial charge on any atom is 0.260 e. The van der Waals surface area contributed by atoms with Crippen LogP contribution in [0.5, 0.6) is 11.5 Å². The highest BCUT2D eigenvalue weighted by atomic mass is 32.2. The summed E-state index contributed by atoms with van der Waals surface area (Å²) in [6.07, 6.45) is 0. The van der Waals surface area contributed by atoms with E-state index >= 15 is 0 Å². The van der Waals surface area contributed by atoms with Crippen LogP contribution in [0.3, 0.4) is 0 Å². The van der Waals surface area contributed by atoms with Gasteiger partial charge in [0, 0.05) is 37.8 Å². The molecule has 1 saturated heterocycles. The standard InChI is InChI=1S/C27H28N2O6S/c1-20-8-11-23(12-9-20)36(32,33)29-16-14-28(15-17-29)26(30)19-35-25-18-22(34-2)10-13-24(25)27(31)21-6-4-3-5-7-21/h3-13,18H,14-17,19H2,1-2H3. The number of carbonyl (C=O) groups excluding carboxylic acids is 2. The van der Waals surface area contributed by atoms with Crippen molar-refractivity contribution in [2.45, 2.75) is 11.8 Å². The molecule has 188 valence electrons. The molecule has 0 spiro atoms. The summed E-state index contributed by atoms with van der Waals surface area (Å²) in [5.74, 6) is 0.230. The molecular weight excluding hydrogens is 480 g/mol. The number of amides is 1. The van der Waals surface area contributed by atoms with E-state index in [9.17, 15) is 18.0 Å². The summed E-state index contributed by atoms with van der Waals surface area (Å²) < 4.78 is 38.3. The van der Waals surface area contributed by atoms with Crippen LogP contribution in [0.1, 0.15) is 21.5 Å². The summed E-state index contributed by atoms with van der Waals surface area (Å²) in [4.78, 5) is 27.7. The van der Waals surface area contributed by atoms with E-state index in [1.54, 1.807) is 71.6 Å². The van der Waals surface area contributed by atoms with Gasteiger partial charge in [0.15, 0.2) is 12.4 Å². The molecule has 36 heavy (non-hydrogen) atoms. The Morgan fingerprint density at radius 2 is 1.56 bits per heavy atom. The summed E-state index contributed by atoms with van der Waals surface area (Å²) in [6.45, 7) is 2.50. The van der Waals surface area contributed by atoms with Gasteiger partial charge in [-0.15, -0.1) is 0 Å². The maximum absolute atomic E-state index is 13.0. The van der Waals surface area contributed by atoms with E-state index in [1.165, 1.54) is 11.4 Å². The zero-order valence-corrected chi connectivity index (χ0v) is 21.0. The zero-order chi connectivity index (χ0) is 25.7. The monoisotopic (exact) mass is 508 g/mol. The molecule has 1 fully saturated rings. The third kappa shape index (κ3) is 5.58. The number of methoxy groups -OCH3 is 1. The van der Waals surface area contributed by atoms with E-state index in [2.05, 4.69) is 0 Å². The number of rotatable bonds is 8. The second-order valence-corrected chi connectivity index (χ2v) is 10.4. The average Bonchev–Trinajstić information content (AvgIpc) is 2.92. The summed E-state index contributed by atoms with van der Waals surface area (Å²) in [5, 5.41) is 0. The second-order valence-electron chi connectivity index (χ2n) is 8.44. The molecule has 1 amide bonds.